The Morgan fingerprint density at radius 3 is 2.79 bits per heavy atom. The molecule has 0 spiro atoms. The van der Waals surface area contributed by atoms with Crippen molar-refractivity contribution in [1.29, 1.82) is 0 Å². The maximum absolute atomic E-state index is 13.9. The van der Waals surface area contributed by atoms with E-state index < -0.39 is 50.3 Å². The van der Waals surface area contributed by atoms with Crippen LogP contribution in [-0.2, 0) is 23.4 Å². The number of anilines is 1. The van der Waals surface area contributed by atoms with Gasteiger partial charge in [0.1, 0.15) is 23.4 Å². The van der Waals surface area contributed by atoms with Gasteiger partial charge in [0.25, 0.3) is 0 Å². The fraction of sp³-hybridized carbons (Fsp3) is 0.500. The number of ether oxygens (including phenoxy) is 3. The van der Waals surface area contributed by atoms with Crippen molar-refractivity contribution >= 4 is 30.8 Å². The average molecular weight is 606 g/mol. The molecule has 6 atom stereocenters. The molecule has 2 aromatic heterocycles. The highest BCUT2D eigenvalue weighted by molar-refractivity contribution is 7.52. The first-order valence-electron chi connectivity index (χ1n) is 12.9. The molecule has 0 aliphatic carbocycles. The summed E-state index contributed by atoms with van der Waals surface area (Å²) in [4.78, 5) is 27.8. The van der Waals surface area contributed by atoms with E-state index in [1.54, 1.807) is 30.3 Å². The first-order chi connectivity index (χ1) is 20.0. The number of aromatic nitrogens is 4. The number of esters is 1. The van der Waals surface area contributed by atoms with Crippen LogP contribution in [0.2, 0.25) is 0 Å². The molecule has 1 aliphatic heterocycles. The Balaban J connectivity index is 1.61. The number of benzene rings is 1. The standard InChI is InChI=1S/C24H32N9O8P/c1-5-11-38-21(35)14(2)30-42(36,41-15-9-7-6-8-10-15)39-12-16-18(34)24(3,31-32-26)22(40-16)33-13-27-17-19(33)28-23(25)29-20(17)37-4/h6-10,13-14,16,18,22,34H,5,11-12H2,1-4H3,(H,30,36)(H2,25,28,29)/t14-,16+,18+,22+,24+,42?/m0/s1. The van der Waals surface area contributed by atoms with Gasteiger partial charge in [0, 0.05) is 4.91 Å². The van der Waals surface area contributed by atoms with Gasteiger partial charge < -0.3 is 29.6 Å². The van der Waals surface area contributed by atoms with E-state index in [-0.39, 0.29) is 35.3 Å². The lowest BCUT2D eigenvalue weighted by Gasteiger charge is -2.28. The zero-order chi connectivity index (χ0) is 30.5. The van der Waals surface area contributed by atoms with Crippen LogP contribution in [0.15, 0.2) is 41.8 Å². The maximum Gasteiger partial charge on any atom is 0.459 e. The Kier molecular flexibility index (Phi) is 9.51. The number of methoxy groups -OCH3 is 1. The predicted molar refractivity (Wildman–Crippen MR) is 148 cm³/mol. The molecular weight excluding hydrogens is 573 g/mol. The topological polar surface area (TPSA) is 231 Å². The molecule has 3 heterocycles. The summed E-state index contributed by atoms with van der Waals surface area (Å²) in [5, 5.41) is 17.7. The molecule has 1 fully saturated rings. The predicted octanol–water partition coefficient (Wildman–Crippen LogP) is 2.88. The Labute approximate surface area is 240 Å². The number of nitrogens with two attached hydrogens (primary N) is 1. The number of carbonyl (C=O) groups excluding carboxylic acids is 1. The Bertz CT molecular complexity index is 1500. The molecule has 17 nitrogen and oxygen atoms in total. The summed E-state index contributed by atoms with van der Waals surface area (Å²) >= 11 is 0. The molecule has 1 saturated heterocycles. The summed E-state index contributed by atoms with van der Waals surface area (Å²) in [6, 6.07) is 7.11. The van der Waals surface area contributed by atoms with Crippen molar-refractivity contribution in [2.45, 2.75) is 57.2 Å². The van der Waals surface area contributed by atoms with Crippen LogP contribution in [0.5, 0.6) is 11.6 Å². The van der Waals surface area contributed by atoms with Crippen molar-refractivity contribution < 1.29 is 37.7 Å². The van der Waals surface area contributed by atoms with Gasteiger partial charge in [-0.2, -0.15) is 15.1 Å². The monoisotopic (exact) mass is 605 g/mol. The van der Waals surface area contributed by atoms with Crippen LogP contribution < -0.4 is 20.1 Å². The molecule has 1 aromatic carbocycles. The molecule has 1 unspecified atom stereocenters. The van der Waals surface area contributed by atoms with Crippen molar-refractivity contribution in [3.63, 3.8) is 0 Å². The van der Waals surface area contributed by atoms with Gasteiger partial charge in [-0.1, -0.05) is 30.2 Å². The highest BCUT2D eigenvalue weighted by Gasteiger charge is 2.55. The van der Waals surface area contributed by atoms with E-state index in [4.69, 9.17) is 29.0 Å². The fourth-order valence-electron chi connectivity index (χ4n) is 4.30. The summed E-state index contributed by atoms with van der Waals surface area (Å²) < 4.78 is 43.1. The number of rotatable bonds is 13. The second-order valence-electron chi connectivity index (χ2n) is 9.52. The SMILES string of the molecule is CCCOC(=O)[C@H](C)NP(=O)(OC[C@H]1O[C@@H](n2cnc3c(OC)nc(N)nc32)[C@](C)(N=[N+]=[N-])[C@@H]1O)Oc1ccccc1. The third-order valence-corrected chi connectivity index (χ3v) is 8.04. The molecule has 42 heavy (non-hydrogen) atoms. The average Bonchev–Trinajstić information content (AvgIpc) is 3.48. The summed E-state index contributed by atoms with van der Waals surface area (Å²) in [7, 11) is -2.88. The number of azide groups is 1. The summed E-state index contributed by atoms with van der Waals surface area (Å²) in [6.07, 6.45) is -1.87. The number of para-hydroxylation sites is 1. The number of aliphatic hydroxyl groups is 1. The molecule has 0 amide bonds. The van der Waals surface area contributed by atoms with Crippen molar-refractivity contribution in [2.24, 2.45) is 5.11 Å². The molecule has 4 rings (SSSR count). The molecule has 0 saturated carbocycles. The van der Waals surface area contributed by atoms with Gasteiger partial charge in [-0.05, 0) is 37.9 Å². The molecule has 226 valence electrons. The quantitative estimate of drug-likeness (QED) is 0.0837. The first kappa shape index (κ1) is 31.0. The third kappa shape index (κ3) is 6.41. The van der Waals surface area contributed by atoms with Gasteiger partial charge in [0.15, 0.2) is 17.4 Å². The fourth-order valence-corrected chi connectivity index (χ4v) is 5.80. The minimum Gasteiger partial charge on any atom is -0.479 e. The molecule has 0 bridgehead atoms. The van der Waals surface area contributed by atoms with Crippen LogP contribution in [-0.4, -0.2) is 74.7 Å². The first-order valence-corrected chi connectivity index (χ1v) is 14.5. The van der Waals surface area contributed by atoms with Crippen molar-refractivity contribution in [2.75, 3.05) is 26.1 Å². The number of aliphatic hydroxyl groups excluding tert-OH is 1. The van der Waals surface area contributed by atoms with Crippen molar-refractivity contribution in [3.8, 4) is 11.6 Å². The smallest absolute Gasteiger partial charge is 0.459 e. The minimum absolute atomic E-state index is 0.108. The van der Waals surface area contributed by atoms with E-state index in [0.29, 0.717) is 6.42 Å². The Morgan fingerprint density at radius 1 is 1.38 bits per heavy atom. The van der Waals surface area contributed by atoms with Crippen LogP contribution in [0.25, 0.3) is 21.6 Å². The number of hydrogen-bond donors (Lipinski definition) is 3. The van der Waals surface area contributed by atoms with Gasteiger partial charge in [0.2, 0.25) is 11.8 Å². The van der Waals surface area contributed by atoms with E-state index in [9.17, 15) is 20.0 Å². The Morgan fingerprint density at radius 2 is 2.12 bits per heavy atom. The van der Waals surface area contributed by atoms with Crippen molar-refractivity contribution in [3.05, 3.63) is 47.1 Å². The van der Waals surface area contributed by atoms with Crippen LogP contribution in [0.3, 0.4) is 0 Å². The molecule has 4 N–H and O–H groups in total. The largest absolute Gasteiger partial charge is 0.479 e. The molecule has 3 aromatic rings. The lowest BCUT2D eigenvalue weighted by Crippen LogP contribution is -2.43. The molecule has 18 heteroatoms. The van der Waals surface area contributed by atoms with Crippen LogP contribution in [0.4, 0.5) is 5.95 Å². The van der Waals surface area contributed by atoms with Gasteiger partial charge in [-0.3, -0.25) is 13.9 Å². The van der Waals surface area contributed by atoms with E-state index in [1.165, 1.54) is 31.9 Å². The highest BCUT2D eigenvalue weighted by Crippen LogP contribution is 2.48. The van der Waals surface area contributed by atoms with Crippen LogP contribution in [0, 0.1) is 0 Å². The number of nitrogen functional groups attached to an aromatic ring is 1. The van der Waals surface area contributed by atoms with E-state index >= 15 is 0 Å². The number of nitrogens with zero attached hydrogens (tertiary/aromatic N) is 7. The second kappa shape index (κ2) is 12.9. The van der Waals surface area contributed by atoms with Gasteiger partial charge in [-0.25, -0.2) is 9.55 Å². The molecule has 0 radical (unpaired) electrons. The minimum atomic E-state index is -4.27. The number of hydrogen-bond acceptors (Lipinski definition) is 13. The van der Waals surface area contributed by atoms with E-state index in [2.05, 4.69) is 30.1 Å². The lowest BCUT2D eigenvalue weighted by molar-refractivity contribution is -0.145. The van der Waals surface area contributed by atoms with E-state index in [1.807, 2.05) is 6.92 Å². The zero-order valence-corrected chi connectivity index (χ0v) is 24.2. The summed E-state index contributed by atoms with van der Waals surface area (Å²) in [6.45, 7) is 4.44. The molecular formula is C24H32N9O8P. The number of fused-ring (bicyclic) bond motifs is 1. The number of nitrogens with one attached hydrogen (secondary N) is 1. The summed E-state index contributed by atoms with van der Waals surface area (Å²) in [5.74, 6) is -0.462. The maximum atomic E-state index is 13.9. The number of imidazole rings is 1. The summed E-state index contributed by atoms with van der Waals surface area (Å²) in [5.41, 5.74) is 14.0. The van der Waals surface area contributed by atoms with Crippen LogP contribution in [0.1, 0.15) is 33.4 Å². The molecule has 1 aliphatic rings. The van der Waals surface area contributed by atoms with Gasteiger partial charge in [-0.15, -0.1) is 0 Å². The van der Waals surface area contributed by atoms with Gasteiger partial charge in [0.05, 0.1) is 32.8 Å². The zero-order valence-electron chi connectivity index (χ0n) is 23.4. The van der Waals surface area contributed by atoms with Crippen LogP contribution >= 0.6 is 7.75 Å². The lowest BCUT2D eigenvalue weighted by atomic mass is 9.93. The third-order valence-electron chi connectivity index (χ3n) is 6.40. The normalized spacial score (nSPS) is 24.0. The Hall–Kier alpha value is -3.98. The van der Waals surface area contributed by atoms with Gasteiger partial charge >= 0.3 is 13.7 Å². The highest BCUT2D eigenvalue weighted by atomic mass is 31.2. The van der Waals surface area contributed by atoms with E-state index in [0.717, 1.165) is 0 Å². The second-order valence-corrected chi connectivity index (χ2v) is 11.2. The number of carbonyl (C=O) groups is 1. The van der Waals surface area contributed by atoms with Crippen molar-refractivity contribution in [1.82, 2.24) is 24.6 Å².